The van der Waals surface area contributed by atoms with Crippen LogP contribution in [0.4, 0.5) is 0 Å². The monoisotopic (exact) mass is 277 g/mol. The summed E-state index contributed by atoms with van der Waals surface area (Å²) in [6.45, 7) is 17.9. The first kappa shape index (κ1) is 16.6. The van der Waals surface area contributed by atoms with Crippen molar-refractivity contribution < 1.29 is 8.23 Å². The summed E-state index contributed by atoms with van der Waals surface area (Å²) in [5.74, 6) is 0. The average Bonchev–Trinajstić information content (AvgIpc) is 1.93. The van der Waals surface area contributed by atoms with Gasteiger partial charge >= 0.3 is 8.56 Å². The van der Waals surface area contributed by atoms with Crippen molar-refractivity contribution >= 4 is 25.2 Å². The van der Waals surface area contributed by atoms with Gasteiger partial charge in [0.2, 0.25) is 0 Å². The highest BCUT2D eigenvalue weighted by molar-refractivity contribution is 6.87. The Balaban J connectivity index is 4.61. The van der Waals surface area contributed by atoms with Gasteiger partial charge in [0.05, 0.1) is 0 Å². The second-order valence-electron chi connectivity index (χ2n) is 6.51. The lowest BCUT2D eigenvalue weighted by Crippen LogP contribution is -2.52. The molecule has 0 rings (SSSR count). The van der Waals surface area contributed by atoms with Crippen LogP contribution in [-0.4, -0.2) is 25.2 Å². The SMILES string of the molecule is C[CH]CC[Si](C)(O[Si](C)(C)C)O[Si](C)(C)C. The van der Waals surface area contributed by atoms with Gasteiger partial charge in [-0.15, -0.1) is 0 Å². The quantitative estimate of drug-likeness (QED) is 0.643. The van der Waals surface area contributed by atoms with Crippen molar-refractivity contribution in [1.29, 1.82) is 0 Å². The maximum absolute atomic E-state index is 6.37. The standard InChI is InChI=1S/C11H29O2Si3/c1-9-10-11-16(8,12-14(2,3)4)13-15(5,6)7/h9H,10-11H2,1-8H3. The van der Waals surface area contributed by atoms with Gasteiger partial charge in [-0.3, -0.25) is 0 Å². The largest absolute Gasteiger partial charge is 0.437 e. The van der Waals surface area contributed by atoms with Crippen molar-refractivity contribution in [3.8, 4) is 0 Å². The number of hydrogen-bond acceptors (Lipinski definition) is 2. The highest BCUT2D eigenvalue weighted by Gasteiger charge is 2.39. The van der Waals surface area contributed by atoms with E-state index in [2.05, 4.69) is 59.2 Å². The molecule has 0 aromatic rings. The summed E-state index contributed by atoms with van der Waals surface area (Å²) >= 11 is 0. The van der Waals surface area contributed by atoms with Crippen molar-refractivity contribution in [1.82, 2.24) is 0 Å². The lowest BCUT2D eigenvalue weighted by Gasteiger charge is -2.38. The molecule has 0 aliphatic carbocycles. The fraction of sp³-hybridized carbons (Fsp3) is 0.909. The lowest BCUT2D eigenvalue weighted by atomic mass is 10.4. The highest BCUT2D eigenvalue weighted by atomic mass is 28.5. The maximum Gasteiger partial charge on any atom is 0.314 e. The Kier molecular flexibility index (Phi) is 6.16. The molecule has 0 aromatic heterocycles. The van der Waals surface area contributed by atoms with Crippen molar-refractivity contribution in [2.75, 3.05) is 0 Å². The molecule has 0 heterocycles. The summed E-state index contributed by atoms with van der Waals surface area (Å²) < 4.78 is 12.7. The molecular weight excluding hydrogens is 248 g/mol. The molecule has 0 fully saturated rings. The molecular formula is C11H29O2Si3. The Labute approximate surface area is 105 Å². The summed E-state index contributed by atoms with van der Waals surface area (Å²) in [6, 6.07) is 1.10. The van der Waals surface area contributed by atoms with Crippen LogP contribution in [0.25, 0.3) is 0 Å². The fourth-order valence-corrected chi connectivity index (χ4v) is 14.4. The second-order valence-corrected chi connectivity index (χ2v) is 19.4. The fourth-order valence-electron chi connectivity index (χ4n) is 1.82. The predicted molar refractivity (Wildman–Crippen MR) is 79.9 cm³/mol. The average molecular weight is 278 g/mol. The molecule has 0 unspecified atom stereocenters. The molecule has 1 radical (unpaired) electrons. The molecule has 0 aliphatic heterocycles. The van der Waals surface area contributed by atoms with Crippen LogP contribution in [0, 0.1) is 6.42 Å². The van der Waals surface area contributed by atoms with Crippen molar-refractivity contribution in [2.45, 2.75) is 65.2 Å². The first-order valence-electron chi connectivity index (χ1n) is 6.16. The summed E-state index contributed by atoms with van der Waals surface area (Å²) in [5.41, 5.74) is 0. The van der Waals surface area contributed by atoms with Gasteiger partial charge in [0, 0.05) is 0 Å². The Hall–Kier alpha value is 0.571. The number of unbranched alkanes of at least 4 members (excludes halogenated alkanes) is 1. The zero-order chi connectivity index (χ0) is 13.0. The smallest absolute Gasteiger partial charge is 0.314 e. The second kappa shape index (κ2) is 5.95. The topological polar surface area (TPSA) is 18.5 Å². The van der Waals surface area contributed by atoms with Crippen molar-refractivity contribution in [3.63, 3.8) is 0 Å². The molecule has 0 saturated carbocycles. The number of hydrogen-bond donors (Lipinski definition) is 0. The molecule has 5 heteroatoms. The highest BCUT2D eigenvalue weighted by Crippen LogP contribution is 2.25. The van der Waals surface area contributed by atoms with E-state index in [4.69, 9.17) is 8.23 Å². The summed E-state index contributed by atoms with van der Waals surface area (Å²) in [4.78, 5) is 0. The van der Waals surface area contributed by atoms with Crippen LogP contribution < -0.4 is 0 Å². The summed E-state index contributed by atoms with van der Waals surface area (Å²) in [5, 5.41) is 0. The van der Waals surface area contributed by atoms with E-state index in [9.17, 15) is 0 Å². The zero-order valence-corrected chi connectivity index (χ0v) is 15.3. The Morgan fingerprint density at radius 2 is 1.19 bits per heavy atom. The van der Waals surface area contributed by atoms with Crippen LogP contribution in [0.15, 0.2) is 0 Å². The first-order chi connectivity index (χ1) is 6.97. The normalized spacial score (nSPS) is 14.2. The van der Waals surface area contributed by atoms with Gasteiger partial charge in [0.25, 0.3) is 0 Å². The minimum atomic E-state index is -1.95. The van der Waals surface area contributed by atoms with Gasteiger partial charge in [0.15, 0.2) is 16.6 Å². The van der Waals surface area contributed by atoms with Crippen molar-refractivity contribution in [2.24, 2.45) is 0 Å². The van der Waals surface area contributed by atoms with Gasteiger partial charge in [-0.2, -0.15) is 0 Å². The van der Waals surface area contributed by atoms with Gasteiger partial charge in [-0.25, -0.2) is 0 Å². The van der Waals surface area contributed by atoms with Crippen LogP contribution in [0.3, 0.4) is 0 Å². The number of rotatable bonds is 7. The van der Waals surface area contributed by atoms with E-state index in [-0.39, 0.29) is 0 Å². The summed E-state index contributed by atoms with van der Waals surface area (Å²) in [6.07, 6.45) is 3.32. The van der Waals surface area contributed by atoms with E-state index < -0.39 is 25.2 Å². The molecule has 0 aromatic carbocycles. The molecule has 0 spiro atoms. The molecule has 0 bridgehead atoms. The van der Waals surface area contributed by atoms with Gasteiger partial charge in [-0.1, -0.05) is 6.92 Å². The molecule has 0 amide bonds. The zero-order valence-electron chi connectivity index (χ0n) is 12.3. The van der Waals surface area contributed by atoms with Crippen LogP contribution in [-0.2, 0) is 8.23 Å². The van der Waals surface area contributed by atoms with E-state index in [0.29, 0.717) is 0 Å². The first-order valence-corrected chi connectivity index (χ1v) is 15.5. The maximum atomic E-state index is 6.37. The minimum absolute atomic E-state index is 1.10. The Bertz CT molecular complexity index is 190. The molecule has 0 aliphatic rings. The molecule has 16 heavy (non-hydrogen) atoms. The Morgan fingerprint density at radius 3 is 1.44 bits per heavy atom. The third-order valence-corrected chi connectivity index (χ3v) is 11.5. The van der Waals surface area contributed by atoms with E-state index in [1.807, 2.05) is 0 Å². The molecule has 97 valence electrons. The summed E-state index contributed by atoms with van der Waals surface area (Å²) in [7, 11) is -4.94. The molecule has 0 N–H and O–H groups in total. The van der Waals surface area contributed by atoms with Crippen LogP contribution in [0.5, 0.6) is 0 Å². The molecule has 0 saturated heterocycles. The third kappa shape index (κ3) is 8.69. The van der Waals surface area contributed by atoms with E-state index in [1.54, 1.807) is 0 Å². The molecule has 0 atom stereocenters. The Morgan fingerprint density at radius 1 is 0.812 bits per heavy atom. The van der Waals surface area contributed by atoms with E-state index in [0.717, 1.165) is 12.5 Å². The van der Waals surface area contributed by atoms with E-state index in [1.165, 1.54) is 0 Å². The van der Waals surface area contributed by atoms with Crippen molar-refractivity contribution in [3.05, 3.63) is 6.42 Å². The predicted octanol–water partition coefficient (Wildman–Crippen LogP) is 4.38. The third-order valence-electron chi connectivity index (χ3n) is 1.93. The van der Waals surface area contributed by atoms with Gasteiger partial charge in [-0.05, 0) is 64.7 Å². The van der Waals surface area contributed by atoms with Gasteiger partial charge < -0.3 is 8.23 Å². The van der Waals surface area contributed by atoms with Crippen LogP contribution in [0.2, 0.25) is 51.9 Å². The van der Waals surface area contributed by atoms with Gasteiger partial charge in [0.1, 0.15) is 0 Å². The van der Waals surface area contributed by atoms with E-state index >= 15 is 0 Å². The van der Waals surface area contributed by atoms with Crippen LogP contribution >= 0.6 is 0 Å². The van der Waals surface area contributed by atoms with Crippen LogP contribution in [0.1, 0.15) is 13.3 Å². The minimum Gasteiger partial charge on any atom is -0.437 e. The molecule has 2 nitrogen and oxygen atoms in total. The lowest BCUT2D eigenvalue weighted by molar-refractivity contribution is 0.383.